The van der Waals surface area contributed by atoms with E-state index in [1.807, 2.05) is 0 Å². The third-order valence-corrected chi connectivity index (χ3v) is 6.46. The first-order valence-electron chi connectivity index (χ1n) is 9.43. The molecule has 2 aromatic rings. The van der Waals surface area contributed by atoms with Crippen LogP contribution in [0.2, 0.25) is 0 Å². The molecule has 0 aliphatic carbocycles. The highest BCUT2D eigenvalue weighted by atomic mass is 32.2. The smallest absolute Gasteiger partial charge is 0.387 e. The molecule has 1 N–H and O–H groups in total. The highest BCUT2D eigenvalue weighted by Gasteiger charge is 2.30. The number of alkyl halides is 2. The number of rotatable bonds is 9. The van der Waals surface area contributed by atoms with Gasteiger partial charge in [0.1, 0.15) is 5.75 Å². The molecule has 10 nitrogen and oxygen atoms in total. The number of nitro benzene ring substituents is 1. The fourth-order valence-corrected chi connectivity index (χ4v) is 4.64. The summed E-state index contributed by atoms with van der Waals surface area (Å²) in [5.41, 5.74) is -0.664. The third kappa shape index (κ3) is 5.48. The lowest BCUT2D eigenvalue weighted by molar-refractivity contribution is -0.386. The standard InChI is InChI=1S/C19H19F2N3O7S/c20-19(21)31-16-6-2-1-5-14(16)22-18(25)12-30-17-8-7-13(11-15(17)24(26)27)32(28,29)23-9-3-4-10-23/h1-2,5-8,11,19H,3-4,9-10,12H2,(H,22,25). The van der Waals surface area contributed by atoms with Gasteiger partial charge in [-0.25, -0.2) is 8.42 Å². The van der Waals surface area contributed by atoms with Gasteiger partial charge >= 0.3 is 12.3 Å². The molecule has 1 heterocycles. The minimum Gasteiger partial charge on any atom is -0.477 e. The largest absolute Gasteiger partial charge is 0.477 e. The van der Waals surface area contributed by atoms with E-state index in [0.29, 0.717) is 25.9 Å². The van der Waals surface area contributed by atoms with Gasteiger partial charge < -0.3 is 14.8 Å². The Balaban J connectivity index is 1.72. The molecular weight excluding hydrogens is 452 g/mol. The number of carbonyl (C=O) groups excluding carboxylic acids is 1. The summed E-state index contributed by atoms with van der Waals surface area (Å²) in [5, 5.41) is 13.7. The Morgan fingerprint density at radius 1 is 1.16 bits per heavy atom. The van der Waals surface area contributed by atoms with Gasteiger partial charge in [0.15, 0.2) is 12.4 Å². The summed E-state index contributed by atoms with van der Waals surface area (Å²) in [6.45, 7) is -3.11. The van der Waals surface area contributed by atoms with Crippen molar-refractivity contribution in [1.29, 1.82) is 0 Å². The third-order valence-electron chi connectivity index (χ3n) is 4.57. The Labute approximate surface area is 181 Å². The van der Waals surface area contributed by atoms with Crippen LogP contribution in [0.15, 0.2) is 47.4 Å². The first kappa shape index (κ1) is 23.3. The number of para-hydroxylation sites is 2. The predicted molar refractivity (Wildman–Crippen MR) is 108 cm³/mol. The molecule has 0 saturated carbocycles. The van der Waals surface area contributed by atoms with E-state index in [9.17, 15) is 32.1 Å². The second-order valence-electron chi connectivity index (χ2n) is 6.71. The Morgan fingerprint density at radius 3 is 2.50 bits per heavy atom. The van der Waals surface area contributed by atoms with Gasteiger partial charge in [-0.2, -0.15) is 13.1 Å². The predicted octanol–water partition coefficient (Wildman–Crippen LogP) is 3.00. The van der Waals surface area contributed by atoms with Crippen LogP contribution in [0.25, 0.3) is 0 Å². The maximum Gasteiger partial charge on any atom is 0.387 e. The van der Waals surface area contributed by atoms with E-state index in [1.165, 1.54) is 34.6 Å². The molecule has 32 heavy (non-hydrogen) atoms. The topological polar surface area (TPSA) is 128 Å². The van der Waals surface area contributed by atoms with Crippen molar-refractivity contribution in [3.8, 4) is 11.5 Å². The van der Waals surface area contributed by atoms with Crippen molar-refractivity contribution in [1.82, 2.24) is 4.31 Å². The number of anilines is 1. The van der Waals surface area contributed by atoms with E-state index >= 15 is 0 Å². The number of ether oxygens (including phenoxy) is 2. The zero-order chi connectivity index (χ0) is 23.3. The van der Waals surface area contributed by atoms with Gasteiger partial charge in [0.05, 0.1) is 15.5 Å². The number of benzene rings is 2. The van der Waals surface area contributed by atoms with Crippen LogP contribution in [0.5, 0.6) is 11.5 Å². The molecule has 0 unspecified atom stereocenters. The van der Waals surface area contributed by atoms with Gasteiger partial charge in [0.2, 0.25) is 10.0 Å². The molecule has 0 radical (unpaired) electrons. The molecule has 0 spiro atoms. The minimum atomic E-state index is -3.88. The number of hydrogen-bond acceptors (Lipinski definition) is 7. The van der Waals surface area contributed by atoms with E-state index in [2.05, 4.69) is 10.1 Å². The van der Waals surface area contributed by atoms with Gasteiger partial charge in [0.25, 0.3) is 5.91 Å². The zero-order valence-corrected chi connectivity index (χ0v) is 17.4. The maximum atomic E-state index is 12.6. The van der Waals surface area contributed by atoms with Crippen molar-refractivity contribution < 1.29 is 36.4 Å². The van der Waals surface area contributed by atoms with Gasteiger partial charge in [-0.3, -0.25) is 14.9 Å². The van der Waals surface area contributed by atoms with E-state index < -0.39 is 39.8 Å². The normalized spacial score (nSPS) is 14.3. The molecule has 172 valence electrons. The molecule has 3 rings (SSSR count). The van der Waals surface area contributed by atoms with Gasteiger partial charge in [-0.05, 0) is 37.1 Å². The summed E-state index contributed by atoms with van der Waals surface area (Å²) < 4.78 is 61.0. The Morgan fingerprint density at radius 2 is 1.84 bits per heavy atom. The fraction of sp³-hybridized carbons (Fsp3) is 0.316. The number of halogens is 2. The number of nitro groups is 1. The lowest BCUT2D eigenvalue weighted by atomic mass is 10.3. The summed E-state index contributed by atoms with van der Waals surface area (Å²) in [5.74, 6) is -1.38. The molecule has 13 heteroatoms. The molecule has 1 saturated heterocycles. The maximum absolute atomic E-state index is 12.6. The zero-order valence-electron chi connectivity index (χ0n) is 16.6. The van der Waals surface area contributed by atoms with Crippen LogP contribution < -0.4 is 14.8 Å². The molecule has 0 bridgehead atoms. The van der Waals surface area contributed by atoms with Crippen molar-refractivity contribution in [3.63, 3.8) is 0 Å². The molecule has 1 aliphatic rings. The first-order chi connectivity index (χ1) is 15.2. The number of nitrogens with zero attached hydrogens (tertiary/aromatic N) is 2. The Hall–Kier alpha value is -3.32. The number of nitrogens with one attached hydrogen (secondary N) is 1. The van der Waals surface area contributed by atoms with Crippen LogP contribution in [0.3, 0.4) is 0 Å². The monoisotopic (exact) mass is 471 g/mol. The summed E-state index contributed by atoms with van der Waals surface area (Å²) >= 11 is 0. The molecular formula is C19H19F2N3O7S. The fourth-order valence-electron chi connectivity index (χ4n) is 3.10. The van der Waals surface area contributed by atoms with Crippen molar-refractivity contribution in [3.05, 3.63) is 52.6 Å². The second kappa shape index (κ2) is 9.87. The minimum absolute atomic E-state index is 0.0389. The Bertz CT molecular complexity index is 1110. The van der Waals surface area contributed by atoms with E-state index in [-0.39, 0.29) is 22.1 Å². The summed E-state index contributed by atoms with van der Waals surface area (Å²) in [7, 11) is -3.88. The van der Waals surface area contributed by atoms with E-state index in [0.717, 1.165) is 12.1 Å². The van der Waals surface area contributed by atoms with E-state index in [1.54, 1.807) is 0 Å². The molecule has 1 fully saturated rings. The molecule has 0 atom stereocenters. The first-order valence-corrected chi connectivity index (χ1v) is 10.9. The van der Waals surface area contributed by atoms with Gasteiger partial charge in [0, 0.05) is 19.2 Å². The number of carbonyl (C=O) groups is 1. The molecule has 0 aromatic heterocycles. The van der Waals surface area contributed by atoms with Crippen LogP contribution in [-0.2, 0) is 14.8 Å². The number of amides is 1. The molecule has 1 aliphatic heterocycles. The van der Waals surface area contributed by atoms with Crippen LogP contribution in [0, 0.1) is 10.1 Å². The second-order valence-corrected chi connectivity index (χ2v) is 8.65. The van der Waals surface area contributed by atoms with Crippen LogP contribution in [-0.4, -0.2) is 49.9 Å². The van der Waals surface area contributed by atoms with Crippen molar-refractivity contribution in [2.75, 3.05) is 25.0 Å². The molecule has 1 amide bonds. The average Bonchev–Trinajstić information content (AvgIpc) is 3.29. The van der Waals surface area contributed by atoms with Crippen LogP contribution in [0.4, 0.5) is 20.2 Å². The molecule has 2 aromatic carbocycles. The summed E-state index contributed by atoms with van der Waals surface area (Å²) in [6.07, 6.45) is 1.42. The Kier molecular flexibility index (Phi) is 7.20. The van der Waals surface area contributed by atoms with Crippen LogP contribution in [0.1, 0.15) is 12.8 Å². The highest BCUT2D eigenvalue weighted by Crippen LogP contribution is 2.32. The average molecular weight is 471 g/mol. The van der Waals surface area contributed by atoms with Crippen molar-refractivity contribution in [2.24, 2.45) is 0 Å². The number of sulfonamides is 1. The number of hydrogen-bond donors (Lipinski definition) is 1. The van der Waals surface area contributed by atoms with Crippen LogP contribution >= 0.6 is 0 Å². The van der Waals surface area contributed by atoms with Crippen molar-refractivity contribution >= 4 is 27.3 Å². The SMILES string of the molecule is O=C(COc1ccc(S(=O)(=O)N2CCCC2)cc1[N+](=O)[O-])Nc1ccccc1OC(F)F. The van der Waals surface area contributed by atoms with Gasteiger partial charge in [-0.1, -0.05) is 12.1 Å². The summed E-state index contributed by atoms with van der Waals surface area (Å²) in [6, 6.07) is 8.63. The lowest BCUT2D eigenvalue weighted by Gasteiger charge is -2.16. The van der Waals surface area contributed by atoms with Crippen molar-refractivity contribution in [2.45, 2.75) is 24.3 Å². The summed E-state index contributed by atoms with van der Waals surface area (Å²) in [4.78, 5) is 22.5. The van der Waals surface area contributed by atoms with E-state index in [4.69, 9.17) is 4.74 Å². The lowest BCUT2D eigenvalue weighted by Crippen LogP contribution is -2.28. The highest BCUT2D eigenvalue weighted by molar-refractivity contribution is 7.89. The quantitative estimate of drug-likeness (QED) is 0.440. The van der Waals surface area contributed by atoms with Gasteiger partial charge in [-0.15, -0.1) is 0 Å².